The molecule has 9 nitrogen and oxygen atoms in total. The van der Waals surface area contributed by atoms with Crippen molar-refractivity contribution in [3.05, 3.63) is 24.3 Å². The Kier molecular flexibility index (Phi) is 33.8. The molecule has 0 aromatic carbocycles. The van der Waals surface area contributed by atoms with Crippen LogP contribution in [0.2, 0.25) is 0 Å². The number of unbranched alkanes of at least 4 members (excludes halogenated alkanes) is 25. The van der Waals surface area contributed by atoms with Gasteiger partial charge in [0, 0.05) is 6.42 Å². The molecule has 7 atom stereocenters. The van der Waals surface area contributed by atoms with E-state index in [9.17, 15) is 30.3 Å². The van der Waals surface area contributed by atoms with E-state index in [2.05, 4.69) is 31.3 Å². The zero-order valence-corrected chi connectivity index (χ0v) is 34.7. The molecule has 1 amide bonds. The molecule has 1 aliphatic rings. The van der Waals surface area contributed by atoms with Gasteiger partial charge in [-0.25, -0.2) is 0 Å². The number of carbonyl (C=O) groups is 1. The largest absolute Gasteiger partial charge is 0.394 e. The summed E-state index contributed by atoms with van der Waals surface area (Å²) in [6.45, 7) is 3.72. The van der Waals surface area contributed by atoms with Crippen LogP contribution >= 0.6 is 0 Å². The summed E-state index contributed by atoms with van der Waals surface area (Å²) in [7, 11) is 0. The van der Waals surface area contributed by atoms with E-state index in [0.29, 0.717) is 6.42 Å². The van der Waals surface area contributed by atoms with Gasteiger partial charge in [-0.05, 0) is 32.1 Å². The molecule has 0 bridgehead atoms. The van der Waals surface area contributed by atoms with E-state index in [0.717, 1.165) is 38.5 Å². The highest BCUT2D eigenvalue weighted by atomic mass is 16.7. The summed E-state index contributed by atoms with van der Waals surface area (Å²) in [5.41, 5.74) is 0. The number of rotatable bonds is 37. The van der Waals surface area contributed by atoms with Gasteiger partial charge in [0.1, 0.15) is 24.4 Å². The lowest BCUT2D eigenvalue weighted by Gasteiger charge is -2.40. The normalized spacial score (nSPS) is 21.6. The molecule has 0 aromatic heterocycles. The Morgan fingerprint density at radius 1 is 0.611 bits per heavy atom. The highest BCUT2D eigenvalue weighted by Crippen LogP contribution is 2.22. The minimum absolute atomic E-state index is 0.186. The van der Waals surface area contributed by atoms with Crippen LogP contribution in [0.4, 0.5) is 0 Å². The standard InChI is InChI=1S/C45H85NO8/c1-3-5-7-9-11-13-15-16-17-18-19-20-21-22-23-24-25-27-29-31-33-35-41(49)46-38(37-53-45-44(52)43(51)42(50)40(36-47)54-45)39(48)34-32-30-28-26-14-12-10-8-6-4-2/h14,26,32,34,38-40,42-45,47-48,50-52H,3-13,15-25,27-31,33,35-37H2,1-2H3,(H,46,49)/b26-14+,34-32+. The van der Waals surface area contributed by atoms with Crippen LogP contribution < -0.4 is 5.32 Å². The van der Waals surface area contributed by atoms with Gasteiger partial charge >= 0.3 is 0 Å². The second-order valence-electron chi connectivity index (χ2n) is 15.8. The molecule has 0 aromatic rings. The zero-order valence-electron chi connectivity index (χ0n) is 34.7. The molecule has 1 heterocycles. The van der Waals surface area contributed by atoms with Crippen molar-refractivity contribution in [1.82, 2.24) is 5.32 Å². The van der Waals surface area contributed by atoms with E-state index < -0.39 is 49.5 Å². The number of carbonyl (C=O) groups excluding carboxylic acids is 1. The lowest BCUT2D eigenvalue weighted by Crippen LogP contribution is -2.60. The Morgan fingerprint density at radius 2 is 1.06 bits per heavy atom. The van der Waals surface area contributed by atoms with Gasteiger partial charge in [0.25, 0.3) is 0 Å². The fourth-order valence-electron chi connectivity index (χ4n) is 7.11. The minimum Gasteiger partial charge on any atom is -0.394 e. The number of nitrogens with one attached hydrogen (secondary N) is 1. The summed E-state index contributed by atoms with van der Waals surface area (Å²) in [6, 6.07) is -0.815. The quantitative estimate of drug-likeness (QED) is 0.0271. The average Bonchev–Trinajstić information content (AvgIpc) is 3.17. The first-order chi connectivity index (χ1) is 26.3. The van der Waals surface area contributed by atoms with E-state index in [-0.39, 0.29) is 12.5 Å². The Labute approximate surface area is 330 Å². The van der Waals surface area contributed by atoms with Gasteiger partial charge in [-0.3, -0.25) is 4.79 Å². The lowest BCUT2D eigenvalue weighted by molar-refractivity contribution is -0.302. The molecule has 1 rings (SSSR count). The van der Waals surface area contributed by atoms with Gasteiger partial charge in [-0.1, -0.05) is 186 Å². The van der Waals surface area contributed by atoms with Crippen molar-refractivity contribution in [3.8, 4) is 0 Å². The third-order valence-electron chi connectivity index (χ3n) is 10.8. The smallest absolute Gasteiger partial charge is 0.220 e. The Hall–Kier alpha value is -1.33. The van der Waals surface area contributed by atoms with Gasteiger partial charge in [0.2, 0.25) is 5.91 Å². The first kappa shape index (κ1) is 50.7. The van der Waals surface area contributed by atoms with E-state index >= 15 is 0 Å². The van der Waals surface area contributed by atoms with E-state index in [4.69, 9.17) is 9.47 Å². The summed E-state index contributed by atoms with van der Waals surface area (Å²) >= 11 is 0. The monoisotopic (exact) mass is 768 g/mol. The summed E-state index contributed by atoms with van der Waals surface area (Å²) in [5.74, 6) is -0.186. The van der Waals surface area contributed by atoms with Crippen molar-refractivity contribution in [3.63, 3.8) is 0 Å². The molecule has 318 valence electrons. The molecule has 6 N–H and O–H groups in total. The molecular formula is C45H85NO8. The average molecular weight is 768 g/mol. The molecule has 0 saturated carbocycles. The first-order valence-electron chi connectivity index (χ1n) is 22.6. The first-order valence-corrected chi connectivity index (χ1v) is 22.6. The Morgan fingerprint density at radius 3 is 1.56 bits per heavy atom. The molecular weight excluding hydrogens is 682 g/mol. The Bertz CT molecular complexity index is 899. The second-order valence-corrected chi connectivity index (χ2v) is 15.8. The third kappa shape index (κ3) is 26.5. The van der Waals surface area contributed by atoms with Crippen LogP contribution in [0, 0.1) is 0 Å². The van der Waals surface area contributed by atoms with Crippen molar-refractivity contribution in [1.29, 1.82) is 0 Å². The van der Waals surface area contributed by atoms with Crippen LogP contribution in [-0.4, -0.2) is 87.5 Å². The number of hydrogen-bond donors (Lipinski definition) is 6. The third-order valence-corrected chi connectivity index (χ3v) is 10.8. The van der Waals surface area contributed by atoms with Gasteiger partial charge in [0.05, 0.1) is 25.4 Å². The number of ether oxygens (including phenoxy) is 2. The van der Waals surface area contributed by atoms with Gasteiger partial charge in [-0.2, -0.15) is 0 Å². The summed E-state index contributed by atoms with van der Waals surface area (Å²) in [4.78, 5) is 12.9. The molecule has 1 aliphatic heterocycles. The summed E-state index contributed by atoms with van der Waals surface area (Å²) in [6.07, 6.45) is 35.2. The molecule has 0 radical (unpaired) electrons. The van der Waals surface area contributed by atoms with Gasteiger partial charge in [0.15, 0.2) is 6.29 Å². The molecule has 1 saturated heterocycles. The maximum absolute atomic E-state index is 12.9. The number of aliphatic hydroxyl groups excluding tert-OH is 5. The maximum atomic E-state index is 12.9. The Balaban J connectivity index is 2.28. The topological polar surface area (TPSA) is 149 Å². The summed E-state index contributed by atoms with van der Waals surface area (Å²) < 4.78 is 11.2. The fraction of sp³-hybridized carbons (Fsp3) is 0.889. The predicted molar refractivity (Wildman–Crippen MR) is 221 cm³/mol. The molecule has 0 spiro atoms. The minimum atomic E-state index is -1.57. The van der Waals surface area contributed by atoms with Gasteiger partial charge in [-0.15, -0.1) is 0 Å². The number of amides is 1. The van der Waals surface area contributed by atoms with Crippen LogP contribution in [0.15, 0.2) is 24.3 Å². The molecule has 9 heteroatoms. The van der Waals surface area contributed by atoms with E-state index in [1.165, 1.54) is 141 Å². The van der Waals surface area contributed by atoms with Crippen LogP contribution in [0.3, 0.4) is 0 Å². The summed E-state index contributed by atoms with van der Waals surface area (Å²) in [5, 5.41) is 54.0. The zero-order chi connectivity index (χ0) is 39.5. The lowest BCUT2D eigenvalue weighted by atomic mass is 9.99. The van der Waals surface area contributed by atoms with Crippen molar-refractivity contribution < 1.29 is 39.8 Å². The van der Waals surface area contributed by atoms with Crippen LogP contribution in [0.25, 0.3) is 0 Å². The highest BCUT2D eigenvalue weighted by Gasteiger charge is 2.44. The molecule has 54 heavy (non-hydrogen) atoms. The number of allylic oxidation sites excluding steroid dienone is 3. The van der Waals surface area contributed by atoms with Crippen molar-refractivity contribution in [2.45, 2.75) is 243 Å². The molecule has 1 fully saturated rings. The maximum Gasteiger partial charge on any atom is 0.220 e. The van der Waals surface area contributed by atoms with Crippen LogP contribution in [0.5, 0.6) is 0 Å². The fourth-order valence-corrected chi connectivity index (χ4v) is 7.11. The van der Waals surface area contributed by atoms with Crippen molar-refractivity contribution in [2.24, 2.45) is 0 Å². The number of aliphatic hydroxyl groups is 5. The molecule has 7 unspecified atom stereocenters. The van der Waals surface area contributed by atoms with Gasteiger partial charge < -0.3 is 40.3 Å². The van der Waals surface area contributed by atoms with Crippen LogP contribution in [0.1, 0.15) is 200 Å². The van der Waals surface area contributed by atoms with Crippen molar-refractivity contribution in [2.75, 3.05) is 13.2 Å². The molecule has 0 aliphatic carbocycles. The number of hydrogen-bond acceptors (Lipinski definition) is 8. The van der Waals surface area contributed by atoms with E-state index in [1.807, 2.05) is 6.08 Å². The second kappa shape index (κ2) is 36.0. The highest BCUT2D eigenvalue weighted by molar-refractivity contribution is 5.76. The van der Waals surface area contributed by atoms with E-state index in [1.54, 1.807) is 6.08 Å². The van der Waals surface area contributed by atoms with Crippen LogP contribution in [-0.2, 0) is 14.3 Å². The predicted octanol–water partition coefficient (Wildman–Crippen LogP) is 9.11. The van der Waals surface area contributed by atoms with Crippen molar-refractivity contribution >= 4 is 5.91 Å². The SMILES string of the molecule is CCCCCC/C=C/CC/C=C/C(O)C(COC1OC(CO)C(O)C(O)C1O)NC(=O)CCCCCCCCCCCCCCCCCCCCCCC.